The normalized spacial score (nSPS) is 12.7. The van der Waals surface area contributed by atoms with Crippen LogP contribution in [-0.4, -0.2) is 14.9 Å². The molecule has 2 rings (SSSR count). The lowest BCUT2D eigenvalue weighted by Crippen LogP contribution is -2.05. The smallest absolute Gasteiger partial charge is 0.127 e. The fourth-order valence-corrected chi connectivity index (χ4v) is 2.01. The highest BCUT2D eigenvalue weighted by molar-refractivity contribution is 6.30. The second kappa shape index (κ2) is 5.08. The van der Waals surface area contributed by atoms with Gasteiger partial charge >= 0.3 is 0 Å². The number of nitrogens with zero attached hydrogens (tertiary/aromatic N) is 2. The lowest BCUT2D eigenvalue weighted by molar-refractivity contribution is 0.176. The van der Waals surface area contributed by atoms with Gasteiger partial charge in [-0.25, -0.2) is 4.39 Å². The van der Waals surface area contributed by atoms with Crippen molar-refractivity contribution in [3.8, 4) is 0 Å². The standard InChI is InChI=1S/C13H14ClFN2O/c1-8-11(7-16-17(8)2)13(18)5-9-3-4-10(14)6-12(9)15/h3-4,6-7,13,18H,5H2,1-2H3. The van der Waals surface area contributed by atoms with Crippen LogP contribution in [0, 0.1) is 12.7 Å². The first-order valence-corrected chi connectivity index (χ1v) is 5.97. The maximum Gasteiger partial charge on any atom is 0.127 e. The molecule has 3 nitrogen and oxygen atoms in total. The summed E-state index contributed by atoms with van der Waals surface area (Å²) in [5, 5.41) is 14.5. The quantitative estimate of drug-likeness (QED) is 0.930. The van der Waals surface area contributed by atoms with Crippen molar-refractivity contribution >= 4 is 11.6 Å². The zero-order valence-corrected chi connectivity index (χ0v) is 10.9. The van der Waals surface area contributed by atoms with Crippen LogP contribution in [-0.2, 0) is 13.5 Å². The summed E-state index contributed by atoms with van der Waals surface area (Å²) in [7, 11) is 1.80. The number of aromatic nitrogens is 2. The van der Waals surface area contributed by atoms with E-state index in [-0.39, 0.29) is 6.42 Å². The number of aliphatic hydroxyl groups is 1. The lowest BCUT2D eigenvalue weighted by Gasteiger charge is -2.11. The molecule has 0 saturated carbocycles. The minimum absolute atomic E-state index is 0.204. The number of aliphatic hydroxyl groups excluding tert-OH is 1. The third-order valence-electron chi connectivity index (χ3n) is 3.06. The van der Waals surface area contributed by atoms with E-state index >= 15 is 0 Å². The number of hydrogen-bond acceptors (Lipinski definition) is 2. The molecule has 1 atom stereocenters. The predicted octanol–water partition coefficient (Wildman–Crippen LogP) is 2.80. The van der Waals surface area contributed by atoms with E-state index in [1.165, 1.54) is 6.07 Å². The summed E-state index contributed by atoms with van der Waals surface area (Å²) < 4.78 is 15.3. The molecule has 0 aliphatic heterocycles. The Morgan fingerprint density at radius 1 is 1.50 bits per heavy atom. The van der Waals surface area contributed by atoms with E-state index in [1.807, 2.05) is 6.92 Å². The number of halogens is 2. The van der Waals surface area contributed by atoms with Crippen LogP contribution in [0.15, 0.2) is 24.4 Å². The van der Waals surface area contributed by atoms with E-state index in [2.05, 4.69) is 5.10 Å². The van der Waals surface area contributed by atoms with Crippen molar-refractivity contribution in [1.29, 1.82) is 0 Å². The molecular formula is C13H14ClFN2O. The van der Waals surface area contributed by atoms with Gasteiger partial charge in [0.25, 0.3) is 0 Å². The molecule has 0 saturated heterocycles. The van der Waals surface area contributed by atoms with Crippen LogP contribution >= 0.6 is 11.6 Å². The average molecular weight is 269 g/mol. The van der Waals surface area contributed by atoms with Crippen molar-refractivity contribution in [3.05, 3.63) is 52.1 Å². The zero-order valence-electron chi connectivity index (χ0n) is 10.2. The lowest BCUT2D eigenvalue weighted by atomic mass is 10.0. The largest absolute Gasteiger partial charge is 0.388 e. The number of aryl methyl sites for hydroxylation is 1. The van der Waals surface area contributed by atoms with Crippen molar-refractivity contribution in [3.63, 3.8) is 0 Å². The SMILES string of the molecule is Cc1c(C(O)Cc2ccc(Cl)cc2F)cnn1C. The highest BCUT2D eigenvalue weighted by atomic mass is 35.5. The van der Waals surface area contributed by atoms with Crippen molar-refractivity contribution < 1.29 is 9.50 Å². The van der Waals surface area contributed by atoms with Gasteiger partial charge in [0.1, 0.15) is 5.82 Å². The first-order valence-electron chi connectivity index (χ1n) is 5.59. The summed E-state index contributed by atoms with van der Waals surface area (Å²) in [5.74, 6) is -0.400. The van der Waals surface area contributed by atoms with Crippen LogP contribution in [0.3, 0.4) is 0 Å². The third kappa shape index (κ3) is 2.54. The third-order valence-corrected chi connectivity index (χ3v) is 3.30. The molecule has 1 aromatic carbocycles. The van der Waals surface area contributed by atoms with E-state index in [0.29, 0.717) is 16.1 Å². The molecule has 5 heteroatoms. The topological polar surface area (TPSA) is 38.1 Å². The van der Waals surface area contributed by atoms with Crippen LogP contribution in [0.4, 0.5) is 4.39 Å². The van der Waals surface area contributed by atoms with E-state index in [1.54, 1.807) is 30.1 Å². The Kier molecular flexibility index (Phi) is 3.68. The van der Waals surface area contributed by atoms with Gasteiger partial charge in [-0.2, -0.15) is 5.10 Å². The summed E-state index contributed by atoms with van der Waals surface area (Å²) in [6.07, 6.45) is 1.04. The summed E-state index contributed by atoms with van der Waals surface area (Å²) in [4.78, 5) is 0. The molecule has 0 amide bonds. The van der Waals surface area contributed by atoms with Gasteiger partial charge < -0.3 is 5.11 Å². The molecule has 18 heavy (non-hydrogen) atoms. The highest BCUT2D eigenvalue weighted by Gasteiger charge is 2.16. The van der Waals surface area contributed by atoms with Crippen LogP contribution in [0.1, 0.15) is 22.9 Å². The van der Waals surface area contributed by atoms with Gasteiger partial charge in [-0.05, 0) is 24.6 Å². The van der Waals surface area contributed by atoms with Crippen LogP contribution in [0.5, 0.6) is 0 Å². The van der Waals surface area contributed by atoms with Gasteiger partial charge in [-0.1, -0.05) is 17.7 Å². The first kappa shape index (κ1) is 13.1. The number of hydrogen-bond donors (Lipinski definition) is 1. The molecule has 0 radical (unpaired) electrons. The van der Waals surface area contributed by atoms with Gasteiger partial charge in [0, 0.05) is 29.7 Å². The summed E-state index contributed by atoms with van der Waals surface area (Å²) >= 11 is 5.68. The maximum absolute atomic E-state index is 13.6. The van der Waals surface area contributed by atoms with Gasteiger partial charge in [-0.3, -0.25) is 4.68 Å². The van der Waals surface area contributed by atoms with E-state index in [9.17, 15) is 9.50 Å². The molecule has 0 aliphatic rings. The monoisotopic (exact) mass is 268 g/mol. The van der Waals surface area contributed by atoms with Gasteiger partial charge in [0.2, 0.25) is 0 Å². The fraction of sp³-hybridized carbons (Fsp3) is 0.308. The van der Waals surface area contributed by atoms with E-state index in [4.69, 9.17) is 11.6 Å². The Morgan fingerprint density at radius 3 is 2.78 bits per heavy atom. The molecule has 0 fully saturated rings. The Balaban J connectivity index is 2.21. The maximum atomic E-state index is 13.6. The first-order chi connectivity index (χ1) is 8.49. The van der Waals surface area contributed by atoms with Gasteiger partial charge in [0.05, 0.1) is 12.3 Å². The molecule has 1 aromatic heterocycles. The van der Waals surface area contributed by atoms with Crippen molar-refractivity contribution in [2.75, 3.05) is 0 Å². The van der Waals surface area contributed by atoms with Crippen LogP contribution < -0.4 is 0 Å². The molecule has 0 aliphatic carbocycles. The Hall–Kier alpha value is -1.39. The summed E-state index contributed by atoms with van der Waals surface area (Å²) in [5.41, 5.74) is 2.03. The van der Waals surface area contributed by atoms with Gasteiger partial charge in [0.15, 0.2) is 0 Å². The van der Waals surface area contributed by atoms with Crippen molar-refractivity contribution in [2.45, 2.75) is 19.4 Å². The molecule has 2 aromatic rings. The predicted molar refractivity (Wildman–Crippen MR) is 68.0 cm³/mol. The van der Waals surface area contributed by atoms with Crippen molar-refractivity contribution in [1.82, 2.24) is 9.78 Å². The highest BCUT2D eigenvalue weighted by Crippen LogP contribution is 2.23. The molecule has 1 unspecified atom stereocenters. The second-order valence-corrected chi connectivity index (χ2v) is 4.70. The van der Waals surface area contributed by atoms with Crippen LogP contribution in [0.25, 0.3) is 0 Å². The molecule has 1 heterocycles. The molecule has 1 N–H and O–H groups in total. The van der Waals surface area contributed by atoms with E-state index in [0.717, 1.165) is 5.69 Å². The van der Waals surface area contributed by atoms with Crippen LogP contribution in [0.2, 0.25) is 5.02 Å². The second-order valence-electron chi connectivity index (χ2n) is 4.26. The molecule has 96 valence electrons. The Labute approximate surface area is 110 Å². The zero-order chi connectivity index (χ0) is 13.3. The van der Waals surface area contributed by atoms with E-state index < -0.39 is 11.9 Å². The fourth-order valence-electron chi connectivity index (χ4n) is 1.85. The summed E-state index contributed by atoms with van der Waals surface area (Å²) in [6.45, 7) is 1.86. The van der Waals surface area contributed by atoms with Crippen molar-refractivity contribution in [2.24, 2.45) is 7.05 Å². The minimum Gasteiger partial charge on any atom is -0.388 e. The Morgan fingerprint density at radius 2 is 2.22 bits per heavy atom. The number of rotatable bonds is 3. The number of benzene rings is 1. The Bertz CT molecular complexity index is 568. The molecule has 0 bridgehead atoms. The van der Waals surface area contributed by atoms with Gasteiger partial charge in [-0.15, -0.1) is 0 Å². The molecular weight excluding hydrogens is 255 g/mol. The summed E-state index contributed by atoms with van der Waals surface area (Å²) in [6, 6.07) is 4.45. The molecule has 0 spiro atoms. The minimum atomic E-state index is -0.769. The average Bonchev–Trinajstić information content (AvgIpc) is 2.64.